The van der Waals surface area contributed by atoms with Crippen LogP contribution in [-0.4, -0.2) is 49.3 Å². The number of esters is 2. The molecule has 10 heteroatoms. The first kappa shape index (κ1) is 31.4. The van der Waals surface area contributed by atoms with Gasteiger partial charge >= 0.3 is 11.9 Å². The van der Waals surface area contributed by atoms with Gasteiger partial charge in [-0.1, -0.05) is 102 Å². The highest BCUT2D eigenvalue weighted by molar-refractivity contribution is 7.89. The van der Waals surface area contributed by atoms with E-state index in [9.17, 15) is 18.0 Å². The third-order valence-electron chi connectivity index (χ3n) is 7.93. The number of carbonyl (C=O) groups excluding carboxylic acids is 2. The van der Waals surface area contributed by atoms with E-state index in [4.69, 9.17) is 21.1 Å². The van der Waals surface area contributed by atoms with Crippen LogP contribution in [0.2, 0.25) is 5.02 Å². The highest BCUT2D eigenvalue weighted by Crippen LogP contribution is 2.56. The van der Waals surface area contributed by atoms with E-state index >= 15 is 0 Å². The predicted octanol–water partition coefficient (Wildman–Crippen LogP) is 5.99. The van der Waals surface area contributed by atoms with Crippen LogP contribution in [0.15, 0.2) is 108 Å². The van der Waals surface area contributed by atoms with Crippen LogP contribution in [0, 0.1) is 13.8 Å². The Morgan fingerprint density at radius 1 is 0.773 bits per heavy atom. The standard InChI is InChI=1S/C34H33ClN2O6S/c1-23-13-17-26(18-14-23)31-36(22-25-9-6-5-7-10-25)30(27-11-8-12-28(35)21-27)34(32(38)42-3,33(39)43-4)37(31)44(40,41)29-19-15-24(2)16-20-29/h5-21,30-31H,22H2,1-4H3/t30-,31+/m0/s1. The van der Waals surface area contributed by atoms with Crippen molar-refractivity contribution in [3.8, 4) is 0 Å². The molecule has 0 N–H and O–H groups in total. The number of nitrogens with zero attached hydrogens (tertiary/aromatic N) is 2. The summed E-state index contributed by atoms with van der Waals surface area (Å²) in [5.41, 5.74) is 1.09. The maximum atomic E-state index is 15.0. The number of rotatable bonds is 8. The Kier molecular flexibility index (Phi) is 8.95. The van der Waals surface area contributed by atoms with Crippen molar-refractivity contribution in [2.45, 2.75) is 43.0 Å². The number of ether oxygens (including phenoxy) is 2. The lowest BCUT2D eigenvalue weighted by Crippen LogP contribution is -2.62. The van der Waals surface area contributed by atoms with Gasteiger partial charge in [-0.3, -0.25) is 4.90 Å². The summed E-state index contributed by atoms with van der Waals surface area (Å²) in [7, 11) is -2.35. The topological polar surface area (TPSA) is 93.2 Å². The molecule has 44 heavy (non-hydrogen) atoms. The summed E-state index contributed by atoms with van der Waals surface area (Å²) >= 11 is 6.48. The van der Waals surface area contributed by atoms with Gasteiger partial charge in [-0.25, -0.2) is 18.0 Å². The van der Waals surface area contributed by atoms with Crippen LogP contribution in [0.1, 0.15) is 40.0 Å². The maximum absolute atomic E-state index is 15.0. The van der Waals surface area contributed by atoms with Crippen molar-refractivity contribution in [3.05, 3.63) is 136 Å². The summed E-state index contributed by atoms with van der Waals surface area (Å²) in [6.45, 7) is 3.92. The van der Waals surface area contributed by atoms with E-state index in [-0.39, 0.29) is 11.4 Å². The fourth-order valence-electron chi connectivity index (χ4n) is 5.92. The number of halogens is 1. The molecule has 0 unspecified atom stereocenters. The number of aryl methyl sites for hydroxylation is 2. The lowest BCUT2D eigenvalue weighted by Gasteiger charge is -2.36. The second-order valence-corrected chi connectivity index (χ2v) is 13.0. The van der Waals surface area contributed by atoms with E-state index < -0.39 is 39.7 Å². The van der Waals surface area contributed by atoms with Gasteiger partial charge in [0.15, 0.2) is 0 Å². The van der Waals surface area contributed by atoms with Crippen molar-refractivity contribution in [1.82, 2.24) is 9.21 Å². The Labute approximate surface area is 262 Å². The molecule has 0 aromatic heterocycles. The molecule has 0 saturated carbocycles. The zero-order chi connectivity index (χ0) is 31.6. The fraction of sp³-hybridized carbons (Fsp3) is 0.235. The van der Waals surface area contributed by atoms with Gasteiger partial charge in [-0.2, -0.15) is 0 Å². The van der Waals surface area contributed by atoms with E-state index in [0.29, 0.717) is 16.1 Å². The summed E-state index contributed by atoms with van der Waals surface area (Å²) in [5.74, 6) is -2.17. The Hall–Kier alpha value is -4.02. The van der Waals surface area contributed by atoms with Crippen molar-refractivity contribution < 1.29 is 27.5 Å². The molecule has 0 spiro atoms. The molecule has 0 radical (unpaired) electrons. The van der Waals surface area contributed by atoms with Gasteiger partial charge in [0.2, 0.25) is 10.0 Å². The minimum absolute atomic E-state index is 0.0937. The molecule has 4 aromatic carbocycles. The zero-order valence-corrected chi connectivity index (χ0v) is 26.4. The molecular formula is C34H33ClN2O6S. The van der Waals surface area contributed by atoms with Crippen LogP contribution in [0.25, 0.3) is 0 Å². The summed E-state index contributed by atoms with van der Waals surface area (Å²) in [6.07, 6.45) is -1.15. The van der Waals surface area contributed by atoms with Gasteiger partial charge in [0.25, 0.3) is 5.54 Å². The number of hydrogen-bond donors (Lipinski definition) is 0. The minimum Gasteiger partial charge on any atom is -0.467 e. The maximum Gasteiger partial charge on any atom is 0.341 e. The lowest BCUT2D eigenvalue weighted by atomic mass is 9.85. The lowest BCUT2D eigenvalue weighted by molar-refractivity contribution is -0.168. The molecule has 5 rings (SSSR count). The SMILES string of the molecule is COC(=O)C1(C(=O)OC)[C@H](c2cccc(Cl)c2)N(Cc2ccccc2)[C@@H](c2ccc(C)cc2)N1S(=O)(=O)c1ccc(C)cc1. The molecule has 8 nitrogen and oxygen atoms in total. The second kappa shape index (κ2) is 12.5. The average molecular weight is 633 g/mol. The number of sulfonamides is 1. The molecule has 0 amide bonds. The smallest absolute Gasteiger partial charge is 0.341 e. The normalized spacial score (nSPS) is 18.6. The summed E-state index contributed by atoms with van der Waals surface area (Å²) in [4.78, 5) is 30.3. The highest BCUT2D eigenvalue weighted by atomic mass is 35.5. The third kappa shape index (κ3) is 5.41. The van der Waals surface area contributed by atoms with Crippen molar-refractivity contribution in [1.29, 1.82) is 0 Å². The molecule has 1 aliphatic heterocycles. The number of carbonyl (C=O) groups is 2. The first-order chi connectivity index (χ1) is 21.0. The summed E-state index contributed by atoms with van der Waals surface area (Å²) < 4.78 is 41.5. The Balaban J connectivity index is 1.94. The largest absolute Gasteiger partial charge is 0.467 e. The quantitative estimate of drug-likeness (QED) is 0.174. The molecule has 0 aliphatic carbocycles. The van der Waals surface area contributed by atoms with E-state index in [2.05, 4.69) is 0 Å². The fourth-order valence-corrected chi connectivity index (χ4v) is 7.96. The van der Waals surface area contributed by atoms with Gasteiger partial charge in [-0.15, -0.1) is 4.31 Å². The molecule has 1 fully saturated rings. The number of hydrogen-bond acceptors (Lipinski definition) is 7. The Morgan fingerprint density at radius 3 is 1.89 bits per heavy atom. The van der Waals surface area contributed by atoms with Crippen LogP contribution in [-0.2, 0) is 35.6 Å². The van der Waals surface area contributed by atoms with Crippen molar-refractivity contribution >= 4 is 33.6 Å². The van der Waals surface area contributed by atoms with E-state index in [1.807, 2.05) is 61.2 Å². The van der Waals surface area contributed by atoms with Crippen molar-refractivity contribution in [3.63, 3.8) is 0 Å². The van der Waals surface area contributed by atoms with E-state index in [0.717, 1.165) is 35.2 Å². The third-order valence-corrected chi connectivity index (χ3v) is 10.0. The molecular weight excluding hydrogens is 600 g/mol. The monoisotopic (exact) mass is 632 g/mol. The van der Waals surface area contributed by atoms with Crippen LogP contribution in [0.3, 0.4) is 0 Å². The van der Waals surface area contributed by atoms with Gasteiger partial charge in [-0.05, 0) is 54.8 Å². The average Bonchev–Trinajstić information content (AvgIpc) is 3.33. The number of benzene rings is 4. The molecule has 228 valence electrons. The van der Waals surface area contributed by atoms with Crippen molar-refractivity contribution in [2.75, 3.05) is 14.2 Å². The van der Waals surface area contributed by atoms with Crippen LogP contribution in [0.5, 0.6) is 0 Å². The van der Waals surface area contributed by atoms with E-state index in [1.54, 1.807) is 48.5 Å². The Morgan fingerprint density at radius 2 is 1.34 bits per heavy atom. The minimum atomic E-state index is -4.60. The zero-order valence-electron chi connectivity index (χ0n) is 24.8. The second-order valence-electron chi connectivity index (χ2n) is 10.8. The van der Waals surface area contributed by atoms with Crippen LogP contribution in [0.4, 0.5) is 0 Å². The molecule has 2 atom stereocenters. The van der Waals surface area contributed by atoms with E-state index in [1.165, 1.54) is 12.1 Å². The van der Waals surface area contributed by atoms with Crippen LogP contribution < -0.4 is 0 Å². The van der Waals surface area contributed by atoms with Gasteiger partial charge < -0.3 is 9.47 Å². The predicted molar refractivity (Wildman–Crippen MR) is 167 cm³/mol. The first-order valence-electron chi connectivity index (χ1n) is 14.0. The van der Waals surface area contributed by atoms with Gasteiger partial charge in [0.1, 0.15) is 6.17 Å². The molecule has 0 bridgehead atoms. The molecule has 1 saturated heterocycles. The van der Waals surface area contributed by atoms with Gasteiger partial charge in [0.05, 0.1) is 25.2 Å². The number of methoxy groups -OCH3 is 2. The molecule has 4 aromatic rings. The first-order valence-corrected chi connectivity index (χ1v) is 15.8. The molecule has 1 aliphatic rings. The molecule has 1 heterocycles. The summed E-state index contributed by atoms with van der Waals surface area (Å²) in [5, 5.41) is 0.345. The Bertz CT molecular complexity index is 1750. The highest BCUT2D eigenvalue weighted by Gasteiger charge is 2.72. The van der Waals surface area contributed by atoms with Gasteiger partial charge in [0, 0.05) is 11.6 Å². The van der Waals surface area contributed by atoms with Crippen molar-refractivity contribution in [2.24, 2.45) is 0 Å². The van der Waals surface area contributed by atoms with Crippen LogP contribution >= 0.6 is 11.6 Å². The summed E-state index contributed by atoms with van der Waals surface area (Å²) in [6, 6.07) is 28.5.